The van der Waals surface area contributed by atoms with Crippen molar-refractivity contribution in [3.63, 3.8) is 0 Å². The molecule has 0 fully saturated rings. The summed E-state index contributed by atoms with van der Waals surface area (Å²) in [4.78, 5) is 10.7. The van der Waals surface area contributed by atoms with E-state index in [-0.39, 0.29) is 11.5 Å². The highest BCUT2D eigenvalue weighted by molar-refractivity contribution is 5.87. The summed E-state index contributed by atoms with van der Waals surface area (Å²) in [6.07, 6.45) is 1.59. The van der Waals surface area contributed by atoms with Crippen LogP contribution < -0.4 is 4.74 Å². The van der Waals surface area contributed by atoms with Crippen LogP contribution in [0.5, 0.6) is 5.75 Å². The average Bonchev–Trinajstić information content (AvgIpc) is 2.17. The maximum absolute atomic E-state index is 10.7. The van der Waals surface area contributed by atoms with Crippen LogP contribution >= 0.6 is 0 Å². The largest absolute Gasteiger partial charge is 0.512 e. The number of aliphatic hydroxyl groups excluding tert-OH is 1. The van der Waals surface area contributed by atoms with Crippen LogP contribution in [0, 0.1) is 0 Å². The van der Waals surface area contributed by atoms with E-state index < -0.39 is 0 Å². The quantitative estimate of drug-likeness (QED) is 0.607. The third-order valence-corrected chi connectivity index (χ3v) is 1.91. The van der Waals surface area contributed by atoms with E-state index in [0.29, 0.717) is 6.42 Å². The van der Waals surface area contributed by atoms with Crippen molar-refractivity contribution in [1.82, 2.24) is 0 Å². The SMILES string of the molecule is COc1ccc(CC(O)=CC(C)=O)cc1. The minimum atomic E-state index is -0.152. The van der Waals surface area contributed by atoms with Crippen molar-refractivity contribution in [1.29, 1.82) is 0 Å². The first-order chi connectivity index (χ1) is 7.11. The summed E-state index contributed by atoms with van der Waals surface area (Å²) in [7, 11) is 1.60. The molecule has 0 aliphatic rings. The van der Waals surface area contributed by atoms with E-state index in [0.717, 1.165) is 11.3 Å². The lowest BCUT2D eigenvalue weighted by atomic mass is 10.1. The van der Waals surface area contributed by atoms with Gasteiger partial charge in [0.25, 0.3) is 0 Å². The molecule has 0 saturated heterocycles. The number of aliphatic hydroxyl groups is 1. The van der Waals surface area contributed by atoms with Crippen molar-refractivity contribution in [3.8, 4) is 5.75 Å². The van der Waals surface area contributed by atoms with Crippen LogP contribution in [0.4, 0.5) is 0 Å². The number of ether oxygens (including phenoxy) is 1. The predicted octanol–water partition coefficient (Wildman–Crippen LogP) is 2.27. The number of carbonyl (C=O) groups excluding carboxylic acids is 1. The van der Waals surface area contributed by atoms with Gasteiger partial charge in [0.2, 0.25) is 0 Å². The molecule has 80 valence electrons. The fourth-order valence-corrected chi connectivity index (χ4v) is 1.24. The summed E-state index contributed by atoms with van der Waals surface area (Å²) in [6.45, 7) is 1.41. The zero-order valence-corrected chi connectivity index (χ0v) is 8.86. The zero-order valence-electron chi connectivity index (χ0n) is 8.86. The summed E-state index contributed by atoms with van der Waals surface area (Å²) >= 11 is 0. The fourth-order valence-electron chi connectivity index (χ4n) is 1.24. The lowest BCUT2D eigenvalue weighted by Gasteiger charge is -2.02. The average molecular weight is 206 g/mol. The molecule has 0 aliphatic carbocycles. The van der Waals surface area contributed by atoms with Gasteiger partial charge in [-0.15, -0.1) is 0 Å². The van der Waals surface area contributed by atoms with Crippen molar-refractivity contribution >= 4 is 5.78 Å². The molecule has 0 unspecified atom stereocenters. The lowest BCUT2D eigenvalue weighted by Crippen LogP contribution is -1.93. The second-order valence-corrected chi connectivity index (χ2v) is 3.27. The van der Waals surface area contributed by atoms with Gasteiger partial charge in [-0.1, -0.05) is 12.1 Å². The van der Waals surface area contributed by atoms with E-state index in [9.17, 15) is 9.90 Å². The third kappa shape index (κ3) is 3.85. The molecule has 1 N–H and O–H groups in total. The molecule has 1 aromatic rings. The highest BCUT2D eigenvalue weighted by Crippen LogP contribution is 2.13. The molecular formula is C12H14O3. The van der Waals surface area contributed by atoms with Gasteiger partial charge in [0.15, 0.2) is 5.78 Å². The molecule has 1 rings (SSSR count). The molecule has 3 nitrogen and oxygen atoms in total. The van der Waals surface area contributed by atoms with Gasteiger partial charge in [-0.25, -0.2) is 0 Å². The van der Waals surface area contributed by atoms with Crippen LogP contribution in [0.2, 0.25) is 0 Å². The summed E-state index contributed by atoms with van der Waals surface area (Å²) < 4.78 is 5.01. The fraction of sp³-hybridized carbons (Fsp3) is 0.250. The van der Waals surface area contributed by atoms with Crippen LogP contribution in [0.25, 0.3) is 0 Å². The molecule has 0 atom stereocenters. The molecule has 0 saturated carbocycles. The van der Waals surface area contributed by atoms with E-state index in [4.69, 9.17) is 4.74 Å². The van der Waals surface area contributed by atoms with Crippen molar-refractivity contribution in [2.45, 2.75) is 13.3 Å². The van der Waals surface area contributed by atoms with Crippen LogP contribution in [0.15, 0.2) is 36.1 Å². The molecular weight excluding hydrogens is 192 g/mol. The Bertz CT molecular complexity index is 363. The minimum absolute atomic E-state index is 0.0765. The Balaban J connectivity index is 2.69. The number of ketones is 1. The minimum Gasteiger partial charge on any atom is -0.512 e. The number of allylic oxidation sites excluding steroid dienone is 2. The van der Waals surface area contributed by atoms with Crippen molar-refractivity contribution in [2.75, 3.05) is 7.11 Å². The Kier molecular flexibility index (Phi) is 3.92. The van der Waals surface area contributed by atoms with E-state index in [1.807, 2.05) is 24.3 Å². The van der Waals surface area contributed by atoms with Crippen LogP contribution in [0.1, 0.15) is 12.5 Å². The highest BCUT2D eigenvalue weighted by atomic mass is 16.5. The Morgan fingerprint density at radius 1 is 1.40 bits per heavy atom. The Morgan fingerprint density at radius 3 is 2.47 bits per heavy atom. The van der Waals surface area contributed by atoms with Crippen LogP contribution in [0.3, 0.4) is 0 Å². The van der Waals surface area contributed by atoms with Crippen molar-refractivity contribution < 1.29 is 14.6 Å². The van der Waals surface area contributed by atoms with E-state index >= 15 is 0 Å². The zero-order chi connectivity index (χ0) is 11.3. The third-order valence-electron chi connectivity index (χ3n) is 1.91. The van der Waals surface area contributed by atoms with Crippen molar-refractivity contribution in [3.05, 3.63) is 41.7 Å². The molecule has 3 heteroatoms. The number of rotatable bonds is 4. The van der Waals surface area contributed by atoms with Gasteiger partial charge in [-0.2, -0.15) is 0 Å². The Labute approximate surface area is 89.0 Å². The van der Waals surface area contributed by atoms with Gasteiger partial charge >= 0.3 is 0 Å². The standard InChI is InChI=1S/C12H14O3/c1-9(13)7-11(14)8-10-3-5-12(15-2)6-4-10/h3-7,14H,8H2,1-2H3. The van der Waals surface area contributed by atoms with E-state index in [1.54, 1.807) is 7.11 Å². The molecule has 0 spiro atoms. The number of hydrogen-bond acceptors (Lipinski definition) is 3. The molecule has 0 heterocycles. The molecule has 0 amide bonds. The molecule has 0 radical (unpaired) electrons. The molecule has 0 aliphatic heterocycles. The first-order valence-electron chi connectivity index (χ1n) is 4.65. The molecule has 15 heavy (non-hydrogen) atoms. The number of benzene rings is 1. The second kappa shape index (κ2) is 5.20. The first-order valence-corrected chi connectivity index (χ1v) is 4.65. The van der Waals surface area contributed by atoms with Crippen LogP contribution in [-0.4, -0.2) is 18.0 Å². The number of methoxy groups -OCH3 is 1. The van der Waals surface area contributed by atoms with Gasteiger partial charge in [0.1, 0.15) is 11.5 Å². The van der Waals surface area contributed by atoms with E-state index in [1.165, 1.54) is 13.0 Å². The molecule has 1 aromatic carbocycles. The normalized spacial score (nSPS) is 11.2. The smallest absolute Gasteiger partial charge is 0.155 e. The predicted molar refractivity (Wildman–Crippen MR) is 58.1 cm³/mol. The first kappa shape index (κ1) is 11.3. The maximum atomic E-state index is 10.7. The Hall–Kier alpha value is -1.77. The van der Waals surface area contributed by atoms with Gasteiger partial charge in [-0.3, -0.25) is 4.79 Å². The van der Waals surface area contributed by atoms with Gasteiger partial charge in [0.05, 0.1) is 7.11 Å². The summed E-state index contributed by atoms with van der Waals surface area (Å²) in [5, 5.41) is 9.41. The number of hydrogen-bond donors (Lipinski definition) is 1. The number of carbonyl (C=O) groups is 1. The van der Waals surface area contributed by atoms with Crippen LogP contribution in [-0.2, 0) is 11.2 Å². The molecule has 0 bridgehead atoms. The van der Waals surface area contributed by atoms with Gasteiger partial charge in [-0.05, 0) is 24.6 Å². The summed E-state index contributed by atoms with van der Waals surface area (Å²) in [6, 6.07) is 7.33. The lowest BCUT2D eigenvalue weighted by molar-refractivity contribution is -0.112. The molecule has 0 aromatic heterocycles. The van der Waals surface area contributed by atoms with E-state index in [2.05, 4.69) is 0 Å². The van der Waals surface area contributed by atoms with Crippen molar-refractivity contribution in [2.24, 2.45) is 0 Å². The summed E-state index contributed by atoms with van der Waals surface area (Å²) in [5.41, 5.74) is 0.936. The second-order valence-electron chi connectivity index (χ2n) is 3.27. The van der Waals surface area contributed by atoms with Gasteiger partial charge in [0, 0.05) is 12.5 Å². The highest BCUT2D eigenvalue weighted by Gasteiger charge is 1.99. The Morgan fingerprint density at radius 2 is 2.00 bits per heavy atom. The summed E-state index contributed by atoms with van der Waals surface area (Å²) in [5.74, 6) is 0.697. The topological polar surface area (TPSA) is 46.5 Å². The monoisotopic (exact) mass is 206 g/mol. The maximum Gasteiger partial charge on any atom is 0.155 e. The van der Waals surface area contributed by atoms with Gasteiger partial charge < -0.3 is 9.84 Å².